The molecule has 4 nitrogen and oxygen atoms in total. The van der Waals surface area contributed by atoms with E-state index in [-0.39, 0.29) is 12.3 Å². The quantitative estimate of drug-likeness (QED) is 0.800. The molecule has 0 spiro atoms. The van der Waals surface area contributed by atoms with E-state index in [1.807, 2.05) is 49.4 Å². The summed E-state index contributed by atoms with van der Waals surface area (Å²) in [5, 5.41) is 0. The molecule has 0 fully saturated rings. The smallest absolute Gasteiger partial charge is 0.215 e. The van der Waals surface area contributed by atoms with E-state index in [1.54, 1.807) is 12.1 Å². The maximum atomic E-state index is 11.9. The molecule has 0 aliphatic rings. The minimum atomic E-state index is -3.33. The van der Waals surface area contributed by atoms with Crippen LogP contribution in [0.5, 0.6) is 5.75 Å². The van der Waals surface area contributed by atoms with E-state index in [0.717, 1.165) is 16.9 Å². The van der Waals surface area contributed by atoms with Crippen molar-refractivity contribution in [2.45, 2.75) is 12.7 Å². The molecule has 5 heteroatoms. The molecule has 0 saturated carbocycles. The van der Waals surface area contributed by atoms with Crippen molar-refractivity contribution in [1.82, 2.24) is 4.72 Å². The Labute approximate surface area is 125 Å². The number of hydrogen-bond donors (Lipinski definition) is 1. The largest absolute Gasteiger partial charge is 0.492 e. The van der Waals surface area contributed by atoms with Gasteiger partial charge in [-0.05, 0) is 24.6 Å². The fourth-order valence-electron chi connectivity index (χ4n) is 1.85. The zero-order valence-corrected chi connectivity index (χ0v) is 12.8. The third kappa shape index (κ3) is 5.57. The van der Waals surface area contributed by atoms with E-state index in [4.69, 9.17) is 4.74 Å². The molecule has 0 heterocycles. The molecule has 0 aromatic heterocycles. The second-order valence-corrected chi connectivity index (χ2v) is 6.61. The van der Waals surface area contributed by atoms with Crippen LogP contribution in [0.2, 0.25) is 0 Å². The van der Waals surface area contributed by atoms with Crippen LogP contribution in [0.4, 0.5) is 0 Å². The van der Waals surface area contributed by atoms with Crippen LogP contribution in [0.3, 0.4) is 0 Å². The Morgan fingerprint density at radius 2 is 1.67 bits per heavy atom. The predicted molar refractivity (Wildman–Crippen MR) is 83.7 cm³/mol. The first-order chi connectivity index (χ1) is 10.1. The maximum absolute atomic E-state index is 11.9. The molecular weight excluding hydrogens is 286 g/mol. The zero-order chi connectivity index (χ0) is 15.1. The van der Waals surface area contributed by atoms with Crippen molar-refractivity contribution in [3.05, 3.63) is 65.7 Å². The second-order valence-electron chi connectivity index (χ2n) is 4.80. The van der Waals surface area contributed by atoms with Gasteiger partial charge in [-0.3, -0.25) is 0 Å². The zero-order valence-electron chi connectivity index (χ0n) is 12.0. The molecule has 1 N–H and O–H groups in total. The standard InChI is InChI=1S/C16H19NO3S/c1-14-7-9-16(10-8-14)20-12-11-17-21(18,19)13-15-5-3-2-4-6-15/h2-10,17H,11-13H2,1H3. The summed E-state index contributed by atoms with van der Waals surface area (Å²) in [7, 11) is -3.33. The van der Waals surface area contributed by atoms with Crippen molar-refractivity contribution in [2.75, 3.05) is 13.2 Å². The molecule has 0 aliphatic carbocycles. The topological polar surface area (TPSA) is 55.4 Å². The van der Waals surface area contributed by atoms with Gasteiger partial charge in [0, 0.05) is 6.54 Å². The third-order valence-electron chi connectivity index (χ3n) is 2.91. The summed E-state index contributed by atoms with van der Waals surface area (Å²) in [6, 6.07) is 16.7. The Hall–Kier alpha value is -1.85. The van der Waals surface area contributed by atoms with Gasteiger partial charge in [0.05, 0.1) is 5.75 Å². The number of aryl methyl sites for hydroxylation is 1. The number of rotatable bonds is 7. The minimum Gasteiger partial charge on any atom is -0.492 e. The summed E-state index contributed by atoms with van der Waals surface area (Å²) in [6.07, 6.45) is 0. The lowest BCUT2D eigenvalue weighted by Crippen LogP contribution is -2.29. The lowest BCUT2D eigenvalue weighted by molar-refractivity contribution is 0.322. The van der Waals surface area contributed by atoms with E-state index in [9.17, 15) is 8.42 Å². The first-order valence-electron chi connectivity index (χ1n) is 6.76. The monoisotopic (exact) mass is 305 g/mol. The Bertz CT molecular complexity index is 652. The Morgan fingerprint density at radius 1 is 1.00 bits per heavy atom. The molecule has 112 valence electrons. The summed E-state index contributed by atoms with van der Waals surface area (Å²) >= 11 is 0. The van der Waals surface area contributed by atoms with E-state index in [1.165, 1.54) is 0 Å². The number of sulfonamides is 1. The molecule has 2 aromatic rings. The first-order valence-corrected chi connectivity index (χ1v) is 8.41. The number of nitrogens with one attached hydrogen (secondary N) is 1. The molecule has 0 bridgehead atoms. The summed E-state index contributed by atoms with van der Waals surface area (Å²) in [5.41, 5.74) is 1.93. The van der Waals surface area contributed by atoms with Gasteiger partial charge in [0.25, 0.3) is 0 Å². The molecular formula is C16H19NO3S. The molecule has 2 aromatic carbocycles. The van der Waals surface area contributed by atoms with E-state index in [0.29, 0.717) is 6.61 Å². The Kier molecular flexibility index (Phi) is 5.36. The predicted octanol–water partition coefficient (Wildman–Crippen LogP) is 2.49. The minimum absolute atomic E-state index is 0.0155. The fourth-order valence-corrected chi connectivity index (χ4v) is 2.97. The molecule has 0 unspecified atom stereocenters. The van der Waals surface area contributed by atoms with E-state index in [2.05, 4.69) is 4.72 Å². The van der Waals surface area contributed by atoms with Gasteiger partial charge < -0.3 is 4.74 Å². The SMILES string of the molecule is Cc1ccc(OCCNS(=O)(=O)Cc2ccccc2)cc1. The van der Waals surface area contributed by atoms with Crippen LogP contribution in [-0.4, -0.2) is 21.6 Å². The van der Waals surface area contributed by atoms with E-state index < -0.39 is 10.0 Å². The van der Waals surface area contributed by atoms with Gasteiger partial charge in [0.2, 0.25) is 10.0 Å². The van der Waals surface area contributed by atoms with Crippen LogP contribution in [0, 0.1) is 6.92 Å². The number of hydrogen-bond acceptors (Lipinski definition) is 3. The molecule has 0 atom stereocenters. The lowest BCUT2D eigenvalue weighted by Gasteiger charge is -2.09. The van der Waals surface area contributed by atoms with Crippen LogP contribution in [-0.2, 0) is 15.8 Å². The van der Waals surface area contributed by atoms with Crippen molar-refractivity contribution in [3.63, 3.8) is 0 Å². The fraction of sp³-hybridized carbons (Fsp3) is 0.250. The Balaban J connectivity index is 1.76. The van der Waals surface area contributed by atoms with Crippen LogP contribution in [0.1, 0.15) is 11.1 Å². The van der Waals surface area contributed by atoms with Gasteiger partial charge >= 0.3 is 0 Å². The van der Waals surface area contributed by atoms with Gasteiger partial charge in [-0.1, -0.05) is 48.0 Å². The summed E-state index contributed by atoms with van der Waals surface area (Å²) in [5.74, 6) is 0.723. The highest BCUT2D eigenvalue weighted by atomic mass is 32.2. The third-order valence-corrected chi connectivity index (χ3v) is 4.27. The van der Waals surface area contributed by atoms with Crippen LogP contribution in [0.15, 0.2) is 54.6 Å². The van der Waals surface area contributed by atoms with Crippen LogP contribution >= 0.6 is 0 Å². The van der Waals surface area contributed by atoms with Crippen LogP contribution < -0.4 is 9.46 Å². The van der Waals surface area contributed by atoms with Crippen molar-refractivity contribution in [2.24, 2.45) is 0 Å². The normalized spacial score (nSPS) is 11.3. The van der Waals surface area contributed by atoms with Crippen LogP contribution in [0.25, 0.3) is 0 Å². The lowest BCUT2D eigenvalue weighted by atomic mass is 10.2. The average Bonchev–Trinajstić information content (AvgIpc) is 2.46. The maximum Gasteiger partial charge on any atom is 0.215 e. The number of benzene rings is 2. The van der Waals surface area contributed by atoms with Crippen molar-refractivity contribution < 1.29 is 13.2 Å². The highest BCUT2D eigenvalue weighted by molar-refractivity contribution is 7.88. The van der Waals surface area contributed by atoms with Gasteiger partial charge in [-0.15, -0.1) is 0 Å². The van der Waals surface area contributed by atoms with E-state index >= 15 is 0 Å². The average molecular weight is 305 g/mol. The molecule has 0 radical (unpaired) electrons. The van der Waals surface area contributed by atoms with Gasteiger partial charge in [-0.25, -0.2) is 13.1 Å². The summed E-state index contributed by atoms with van der Waals surface area (Å²) in [4.78, 5) is 0. The Morgan fingerprint density at radius 3 is 2.33 bits per heavy atom. The molecule has 0 saturated heterocycles. The van der Waals surface area contributed by atoms with Gasteiger partial charge in [0.1, 0.15) is 12.4 Å². The molecule has 21 heavy (non-hydrogen) atoms. The molecule has 0 aliphatic heterocycles. The van der Waals surface area contributed by atoms with Crippen molar-refractivity contribution in [3.8, 4) is 5.75 Å². The van der Waals surface area contributed by atoms with Crippen molar-refractivity contribution in [1.29, 1.82) is 0 Å². The number of ether oxygens (including phenoxy) is 1. The second kappa shape index (κ2) is 7.24. The molecule has 0 amide bonds. The highest BCUT2D eigenvalue weighted by Gasteiger charge is 2.10. The summed E-state index contributed by atoms with van der Waals surface area (Å²) < 4.78 is 31.8. The summed E-state index contributed by atoms with van der Waals surface area (Å²) in [6.45, 7) is 2.56. The van der Waals surface area contributed by atoms with Gasteiger partial charge in [0.15, 0.2) is 0 Å². The highest BCUT2D eigenvalue weighted by Crippen LogP contribution is 2.11. The van der Waals surface area contributed by atoms with Crippen molar-refractivity contribution >= 4 is 10.0 Å². The van der Waals surface area contributed by atoms with Gasteiger partial charge in [-0.2, -0.15) is 0 Å². The first kappa shape index (κ1) is 15.5. The molecule has 2 rings (SSSR count).